The third-order valence-electron chi connectivity index (χ3n) is 3.52. The van der Waals surface area contributed by atoms with Gasteiger partial charge in [0.2, 0.25) is 0 Å². The molecule has 4 heteroatoms. The minimum Gasteiger partial charge on any atom is -0.294 e. The van der Waals surface area contributed by atoms with Crippen molar-refractivity contribution in [2.45, 2.75) is 19.3 Å². The van der Waals surface area contributed by atoms with Crippen molar-refractivity contribution in [1.29, 1.82) is 0 Å². The van der Waals surface area contributed by atoms with Crippen LogP contribution in [0.3, 0.4) is 0 Å². The number of aromatic nitrogens is 3. The van der Waals surface area contributed by atoms with Crippen LogP contribution in [-0.4, -0.2) is 20.8 Å². The van der Waals surface area contributed by atoms with Crippen LogP contribution in [0.25, 0.3) is 0 Å². The normalized spacial score (nSPS) is 18.7. The molecule has 2 aromatic rings. The van der Waals surface area contributed by atoms with Gasteiger partial charge in [0, 0.05) is 31.1 Å². The van der Waals surface area contributed by atoms with Gasteiger partial charge in [0.15, 0.2) is 5.78 Å². The molecule has 1 atom stereocenters. The lowest BCUT2D eigenvalue weighted by Gasteiger charge is -2.22. The van der Waals surface area contributed by atoms with Gasteiger partial charge in [-0.25, -0.2) is 0 Å². The standard InChI is InChI=1S/C14H15N3O/c1-17-9-12(15-16-17)8-11-7-6-10-4-2-3-5-13(10)14(11)18/h2-5,9,11H,6-8H2,1H3. The highest BCUT2D eigenvalue weighted by molar-refractivity contribution is 6.00. The Bertz CT molecular complexity index is 588. The predicted molar refractivity (Wildman–Crippen MR) is 67.3 cm³/mol. The van der Waals surface area contributed by atoms with E-state index in [0.717, 1.165) is 24.1 Å². The first kappa shape index (κ1) is 11.1. The van der Waals surface area contributed by atoms with E-state index in [4.69, 9.17) is 0 Å². The number of fused-ring (bicyclic) bond motifs is 1. The molecule has 1 aromatic heterocycles. The Morgan fingerprint density at radius 3 is 3.00 bits per heavy atom. The fraction of sp³-hybridized carbons (Fsp3) is 0.357. The SMILES string of the molecule is Cn1cc(CC2CCc3ccccc3C2=O)nn1. The molecule has 0 saturated heterocycles. The Hall–Kier alpha value is -1.97. The van der Waals surface area contributed by atoms with Crippen molar-refractivity contribution >= 4 is 5.78 Å². The van der Waals surface area contributed by atoms with E-state index in [9.17, 15) is 4.79 Å². The molecule has 1 unspecified atom stereocenters. The van der Waals surface area contributed by atoms with E-state index in [2.05, 4.69) is 10.3 Å². The van der Waals surface area contributed by atoms with Crippen LogP contribution in [0.4, 0.5) is 0 Å². The first-order valence-corrected chi connectivity index (χ1v) is 6.21. The predicted octanol–water partition coefficient (Wildman–Crippen LogP) is 1.80. The summed E-state index contributed by atoms with van der Waals surface area (Å²) in [5, 5.41) is 7.97. The summed E-state index contributed by atoms with van der Waals surface area (Å²) < 4.78 is 1.68. The zero-order valence-electron chi connectivity index (χ0n) is 10.3. The number of hydrogen-bond acceptors (Lipinski definition) is 3. The minimum atomic E-state index is 0.0524. The summed E-state index contributed by atoms with van der Waals surface area (Å²) in [6.45, 7) is 0. The fourth-order valence-corrected chi connectivity index (χ4v) is 2.60. The molecule has 0 saturated carbocycles. The van der Waals surface area contributed by atoms with E-state index in [1.54, 1.807) is 4.68 Å². The van der Waals surface area contributed by atoms with E-state index < -0.39 is 0 Å². The number of aryl methyl sites for hydroxylation is 2. The Morgan fingerprint density at radius 1 is 1.39 bits per heavy atom. The van der Waals surface area contributed by atoms with Gasteiger partial charge in [-0.15, -0.1) is 5.10 Å². The average molecular weight is 241 g/mol. The van der Waals surface area contributed by atoms with Crippen LogP contribution in [-0.2, 0) is 19.9 Å². The lowest BCUT2D eigenvalue weighted by atomic mass is 9.81. The van der Waals surface area contributed by atoms with Crippen LogP contribution < -0.4 is 0 Å². The molecule has 0 aliphatic heterocycles. The van der Waals surface area contributed by atoms with Gasteiger partial charge in [0.05, 0.1) is 5.69 Å². The van der Waals surface area contributed by atoms with Gasteiger partial charge in [-0.1, -0.05) is 29.5 Å². The van der Waals surface area contributed by atoms with Crippen molar-refractivity contribution in [3.8, 4) is 0 Å². The van der Waals surface area contributed by atoms with Crippen LogP contribution in [0.15, 0.2) is 30.5 Å². The van der Waals surface area contributed by atoms with Gasteiger partial charge in [0.1, 0.15) is 0 Å². The van der Waals surface area contributed by atoms with E-state index in [1.807, 2.05) is 37.5 Å². The summed E-state index contributed by atoms with van der Waals surface area (Å²) in [4.78, 5) is 12.4. The van der Waals surface area contributed by atoms with Crippen LogP contribution >= 0.6 is 0 Å². The maximum Gasteiger partial charge on any atom is 0.166 e. The Kier molecular flexibility index (Phi) is 2.70. The summed E-state index contributed by atoms with van der Waals surface area (Å²) >= 11 is 0. The van der Waals surface area contributed by atoms with Crippen LogP contribution in [0.1, 0.15) is 28.0 Å². The van der Waals surface area contributed by atoms with E-state index in [0.29, 0.717) is 6.42 Å². The van der Waals surface area contributed by atoms with Crippen LogP contribution in [0.5, 0.6) is 0 Å². The van der Waals surface area contributed by atoms with Crippen molar-refractivity contribution in [1.82, 2.24) is 15.0 Å². The Morgan fingerprint density at radius 2 is 2.22 bits per heavy atom. The van der Waals surface area contributed by atoms with E-state index in [1.165, 1.54) is 5.56 Å². The van der Waals surface area contributed by atoms with Gasteiger partial charge in [-0.3, -0.25) is 9.48 Å². The highest BCUT2D eigenvalue weighted by Crippen LogP contribution is 2.27. The van der Waals surface area contributed by atoms with Gasteiger partial charge in [-0.05, 0) is 18.4 Å². The molecular formula is C14H15N3O. The molecule has 92 valence electrons. The number of nitrogens with zero attached hydrogens (tertiary/aromatic N) is 3. The van der Waals surface area contributed by atoms with Crippen molar-refractivity contribution in [2.75, 3.05) is 0 Å². The molecule has 0 fully saturated rings. The molecule has 4 nitrogen and oxygen atoms in total. The molecule has 1 aliphatic carbocycles. The number of carbonyl (C=O) groups excluding carboxylic acids is 1. The second-order valence-corrected chi connectivity index (χ2v) is 4.84. The smallest absolute Gasteiger partial charge is 0.166 e. The second kappa shape index (κ2) is 4.37. The number of benzene rings is 1. The largest absolute Gasteiger partial charge is 0.294 e. The van der Waals surface area contributed by atoms with Gasteiger partial charge in [0.25, 0.3) is 0 Å². The lowest BCUT2D eigenvalue weighted by Crippen LogP contribution is -2.24. The van der Waals surface area contributed by atoms with E-state index in [-0.39, 0.29) is 11.7 Å². The number of ketones is 1. The molecule has 3 rings (SSSR count). The van der Waals surface area contributed by atoms with Crippen molar-refractivity contribution < 1.29 is 4.79 Å². The van der Waals surface area contributed by atoms with Crippen LogP contribution in [0, 0.1) is 5.92 Å². The first-order valence-electron chi connectivity index (χ1n) is 6.21. The molecule has 0 bridgehead atoms. The maximum absolute atomic E-state index is 12.4. The molecule has 1 aliphatic rings. The zero-order valence-corrected chi connectivity index (χ0v) is 10.3. The topological polar surface area (TPSA) is 47.8 Å². The molecule has 0 radical (unpaired) electrons. The molecule has 1 aromatic carbocycles. The summed E-state index contributed by atoms with van der Waals surface area (Å²) in [6.07, 6.45) is 4.47. The number of hydrogen-bond donors (Lipinski definition) is 0. The Labute approximate surface area is 106 Å². The molecule has 0 spiro atoms. The summed E-state index contributed by atoms with van der Waals surface area (Å²) in [5.74, 6) is 0.305. The third kappa shape index (κ3) is 1.94. The zero-order chi connectivity index (χ0) is 12.5. The van der Waals surface area contributed by atoms with Gasteiger partial charge < -0.3 is 0 Å². The number of Topliss-reactive ketones (excluding diaryl/α,β-unsaturated/α-hetero) is 1. The summed E-state index contributed by atoms with van der Waals surface area (Å²) in [5.41, 5.74) is 2.96. The highest BCUT2D eigenvalue weighted by Gasteiger charge is 2.27. The molecule has 18 heavy (non-hydrogen) atoms. The monoisotopic (exact) mass is 241 g/mol. The summed E-state index contributed by atoms with van der Waals surface area (Å²) in [6, 6.07) is 7.91. The number of carbonyl (C=O) groups is 1. The second-order valence-electron chi connectivity index (χ2n) is 4.84. The highest BCUT2D eigenvalue weighted by atomic mass is 16.1. The molecule has 0 N–H and O–H groups in total. The quantitative estimate of drug-likeness (QED) is 0.805. The van der Waals surface area contributed by atoms with Crippen LogP contribution in [0.2, 0.25) is 0 Å². The van der Waals surface area contributed by atoms with Crippen molar-refractivity contribution in [2.24, 2.45) is 13.0 Å². The maximum atomic E-state index is 12.4. The van der Waals surface area contributed by atoms with E-state index >= 15 is 0 Å². The Balaban J connectivity index is 1.82. The number of rotatable bonds is 2. The molecule has 0 amide bonds. The van der Waals surface area contributed by atoms with Gasteiger partial charge >= 0.3 is 0 Å². The average Bonchev–Trinajstić information content (AvgIpc) is 2.79. The van der Waals surface area contributed by atoms with Crippen molar-refractivity contribution in [3.05, 3.63) is 47.3 Å². The molecular weight excluding hydrogens is 226 g/mol. The first-order chi connectivity index (χ1) is 8.74. The summed E-state index contributed by atoms with van der Waals surface area (Å²) in [7, 11) is 1.84. The van der Waals surface area contributed by atoms with Gasteiger partial charge in [-0.2, -0.15) is 0 Å². The fourth-order valence-electron chi connectivity index (χ4n) is 2.60. The van der Waals surface area contributed by atoms with Crippen molar-refractivity contribution in [3.63, 3.8) is 0 Å². The third-order valence-corrected chi connectivity index (χ3v) is 3.52. The minimum absolute atomic E-state index is 0.0524. The molecule has 1 heterocycles. The lowest BCUT2D eigenvalue weighted by molar-refractivity contribution is 0.0900.